The van der Waals surface area contributed by atoms with Crippen LogP contribution in [0.1, 0.15) is 4.88 Å². The van der Waals surface area contributed by atoms with Crippen LogP contribution in [0.5, 0.6) is 5.75 Å². The van der Waals surface area contributed by atoms with E-state index in [-0.39, 0.29) is 5.00 Å². The van der Waals surface area contributed by atoms with Crippen molar-refractivity contribution in [2.75, 3.05) is 7.11 Å². The van der Waals surface area contributed by atoms with Gasteiger partial charge in [0.05, 0.1) is 28.8 Å². The van der Waals surface area contributed by atoms with Gasteiger partial charge in [-0.1, -0.05) is 17.4 Å². The fourth-order valence-electron chi connectivity index (χ4n) is 2.35. The highest BCUT2D eigenvalue weighted by atomic mass is 32.1. The largest absolute Gasteiger partial charge is 0.497 e. The van der Waals surface area contributed by atoms with Crippen LogP contribution in [0.3, 0.4) is 0 Å². The molecule has 0 saturated heterocycles. The van der Waals surface area contributed by atoms with E-state index in [4.69, 9.17) is 4.74 Å². The van der Waals surface area contributed by atoms with E-state index in [9.17, 15) is 10.1 Å². The maximum atomic E-state index is 10.7. The summed E-state index contributed by atoms with van der Waals surface area (Å²) in [6.07, 6.45) is 3.31. The first-order valence-corrected chi connectivity index (χ1v) is 9.57. The van der Waals surface area contributed by atoms with Crippen LogP contribution in [-0.4, -0.2) is 22.8 Å². The molecule has 2 aromatic heterocycles. The van der Waals surface area contributed by atoms with Gasteiger partial charge in [0.15, 0.2) is 0 Å². The molecule has 0 bridgehead atoms. The van der Waals surface area contributed by atoms with Gasteiger partial charge in [-0.05, 0) is 35.9 Å². The van der Waals surface area contributed by atoms with E-state index < -0.39 is 4.92 Å². The average molecular weight is 400 g/mol. The van der Waals surface area contributed by atoms with Gasteiger partial charge in [0.1, 0.15) is 5.75 Å². The molecule has 27 heavy (non-hydrogen) atoms. The summed E-state index contributed by atoms with van der Waals surface area (Å²) in [4.78, 5) is 11.7. The van der Waals surface area contributed by atoms with Crippen molar-refractivity contribution in [2.45, 2.75) is 6.54 Å². The number of allylic oxidation sites excluding steroid dienone is 1. The smallest absolute Gasteiger partial charge is 0.324 e. The summed E-state index contributed by atoms with van der Waals surface area (Å²) in [5.41, 5.74) is 2.04. The van der Waals surface area contributed by atoms with Crippen LogP contribution in [0.2, 0.25) is 0 Å². The van der Waals surface area contributed by atoms with Crippen LogP contribution >= 0.6 is 22.7 Å². The van der Waals surface area contributed by atoms with Gasteiger partial charge in [-0.25, -0.2) is 0 Å². The Morgan fingerprint density at radius 1 is 1.30 bits per heavy atom. The fourth-order valence-corrected chi connectivity index (χ4v) is 3.92. The lowest BCUT2D eigenvalue weighted by atomic mass is 10.1. The molecule has 0 radical (unpaired) electrons. The number of hydrogen-bond acceptors (Lipinski definition) is 7. The fraction of sp³-hybridized carbons (Fsp3) is 0.111. The molecule has 3 aromatic rings. The lowest BCUT2D eigenvalue weighted by Crippen LogP contribution is -2.14. The van der Waals surface area contributed by atoms with Crippen molar-refractivity contribution in [3.05, 3.63) is 74.2 Å². The summed E-state index contributed by atoms with van der Waals surface area (Å²) in [6.45, 7) is 4.39. The molecule has 0 aliphatic rings. The maximum Gasteiger partial charge on any atom is 0.324 e. The molecule has 2 heterocycles. The molecule has 0 aliphatic heterocycles. The van der Waals surface area contributed by atoms with E-state index in [1.165, 1.54) is 23.6 Å². The Bertz CT molecular complexity index is 1050. The van der Waals surface area contributed by atoms with Gasteiger partial charge in [-0.3, -0.25) is 10.1 Å². The van der Waals surface area contributed by atoms with Crippen LogP contribution in [0.25, 0.3) is 11.3 Å². The van der Waals surface area contributed by atoms with Crippen molar-refractivity contribution in [3.8, 4) is 17.0 Å². The average Bonchev–Trinajstić information content (AvgIpc) is 3.30. The van der Waals surface area contributed by atoms with Crippen LogP contribution < -0.4 is 9.54 Å². The molecule has 0 spiro atoms. The predicted octanol–water partition coefficient (Wildman–Crippen LogP) is 4.32. The Labute approximate surface area is 163 Å². The number of methoxy groups -OCH3 is 1. The Morgan fingerprint density at radius 3 is 2.70 bits per heavy atom. The maximum absolute atomic E-state index is 10.7. The van der Waals surface area contributed by atoms with Gasteiger partial charge < -0.3 is 9.30 Å². The third kappa shape index (κ3) is 4.39. The Kier molecular flexibility index (Phi) is 5.94. The second-order valence-electron chi connectivity index (χ2n) is 5.31. The lowest BCUT2D eigenvalue weighted by Gasteiger charge is -2.07. The first-order valence-electron chi connectivity index (χ1n) is 7.87. The first-order chi connectivity index (χ1) is 13.1. The Balaban J connectivity index is 1.91. The number of nitrogens with zero attached hydrogens (tertiary/aromatic N) is 4. The normalized spacial score (nSPS) is 11.8. The van der Waals surface area contributed by atoms with E-state index in [1.807, 2.05) is 34.2 Å². The summed E-state index contributed by atoms with van der Waals surface area (Å²) >= 11 is 2.52. The number of nitro groups is 1. The Hall–Kier alpha value is -3.04. The SMILES string of the molecule is C=CCn1c(-c2ccc(OC)cc2)cs/c1=N/N=C/c1ccc([N+](=O)[O-])s1. The zero-order chi connectivity index (χ0) is 19.2. The number of aromatic nitrogens is 1. The lowest BCUT2D eigenvalue weighted by molar-refractivity contribution is -0.380. The minimum Gasteiger partial charge on any atom is -0.497 e. The van der Waals surface area contributed by atoms with Gasteiger partial charge in [-0.2, -0.15) is 5.10 Å². The van der Waals surface area contributed by atoms with Crippen LogP contribution in [0, 0.1) is 10.1 Å². The molecular formula is C18H16N4O3S2. The number of rotatable bonds is 7. The van der Waals surface area contributed by atoms with E-state index in [2.05, 4.69) is 16.8 Å². The molecule has 0 fully saturated rings. The highest BCUT2D eigenvalue weighted by Crippen LogP contribution is 2.24. The van der Waals surface area contributed by atoms with E-state index in [0.717, 1.165) is 28.3 Å². The number of benzene rings is 1. The number of ether oxygens (including phenoxy) is 1. The van der Waals surface area contributed by atoms with Crippen molar-refractivity contribution in [2.24, 2.45) is 10.2 Å². The molecule has 1 aromatic carbocycles. The molecular weight excluding hydrogens is 384 g/mol. The van der Waals surface area contributed by atoms with Crippen molar-refractivity contribution < 1.29 is 9.66 Å². The third-order valence-corrected chi connectivity index (χ3v) is 5.44. The number of hydrogen-bond donors (Lipinski definition) is 0. The molecule has 0 unspecified atom stereocenters. The zero-order valence-electron chi connectivity index (χ0n) is 14.4. The molecule has 138 valence electrons. The highest BCUT2D eigenvalue weighted by Gasteiger charge is 2.09. The van der Waals surface area contributed by atoms with Crippen LogP contribution in [-0.2, 0) is 6.54 Å². The molecule has 0 atom stereocenters. The third-order valence-electron chi connectivity index (χ3n) is 3.62. The minimum absolute atomic E-state index is 0.0797. The second-order valence-corrected chi connectivity index (χ2v) is 7.24. The molecule has 0 saturated carbocycles. The second kappa shape index (κ2) is 8.56. The van der Waals surface area contributed by atoms with Crippen molar-refractivity contribution in [3.63, 3.8) is 0 Å². The Morgan fingerprint density at radius 2 is 2.07 bits per heavy atom. The van der Waals surface area contributed by atoms with Gasteiger partial charge in [0.25, 0.3) is 0 Å². The molecule has 0 aliphatic carbocycles. The van der Waals surface area contributed by atoms with E-state index in [0.29, 0.717) is 16.2 Å². The summed E-state index contributed by atoms with van der Waals surface area (Å²) in [5.74, 6) is 0.795. The summed E-state index contributed by atoms with van der Waals surface area (Å²) in [6, 6.07) is 10.9. The number of thiazole rings is 1. The van der Waals surface area contributed by atoms with Gasteiger partial charge in [-0.15, -0.1) is 23.0 Å². The molecule has 0 N–H and O–H groups in total. The van der Waals surface area contributed by atoms with Crippen molar-refractivity contribution in [1.82, 2.24) is 4.57 Å². The molecule has 9 heteroatoms. The summed E-state index contributed by atoms with van der Waals surface area (Å²) < 4.78 is 7.21. The van der Waals surface area contributed by atoms with Crippen molar-refractivity contribution in [1.29, 1.82) is 0 Å². The molecule has 3 rings (SSSR count). The van der Waals surface area contributed by atoms with Gasteiger partial charge in [0.2, 0.25) is 4.80 Å². The zero-order valence-corrected chi connectivity index (χ0v) is 16.1. The number of thiophene rings is 1. The molecule has 7 nitrogen and oxygen atoms in total. The van der Waals surface area contributed by atoms with Crippen molar-refractivity contribution >= 4 is 33.9 Å². The van der Waals surface area contributed by atoms with E-state index >= 15 is 0 Å². The molecule has 0 amide bonds. The van der Waals surface area contributed by atoms with E-state index in [1.54, 1.807) is 19.3 Å². The predicted molar refractivity (Wildman–Crippen MR) is 109 cm³/mol. The topological polar surface area (TPSA) is 82.0 Å². The highest BCUT2D eigenvalue weighted by molar-refractivity contribution is 7.16. The summed E-state index contributed by atoms with van der Waals surface area (Å²) in [7, 11) is 1.63. The van der Waals surface area contributed by atoms with Gasteiger partial charge in [0, 0.05) is 18.0 Å². The standard InChI is InChI=1S/C18H16N4O3S2/c1-3-10-21-16(13-4-6-14(25-2)7-5-13)12-26-18(21)20-19-11-15-8-9-17(27-15)22(23)24/h3-9,11-12H,1,10H2,2H3/b19-11+,20-18+. The van der Waals surface area contributed by atoms with Gasteiger partial charge >= 0.3 is 5.00 Å². The minimum atomic E-state index is -0.419. The van der Waals surface area contributed by atoms with Crippen LogP contribution in [0.4, 0.5) is 5.00 Å². The quantitative estimate of drug-likeness (QED) is 0.256. The van der Waals surface area contributed by atoms with Crippen LogP contribution in [0.15, 0.2) is 64.6 Å². The monoisotopic (exact) mass is 400 g/mol. The first kappa shape index (κ1) is 18.7. The summed E-state index contributed by atoms with van der Waals surface area (Å²) in [5, 5.41) is 21.2.